The highest BCUT2D eigenvalue weighted by Gasteiger charge is 1.99. The van der Waals surface area contributed by atoms with Crippen LogP contribution in [0.1, 0.15) is 5.69 Å². The number of benzene rings is 1. The molecule has 0 aliphatic heterocycles. The molecule has 0 aliphatic rings. The molecule has 2 aromatic rings. The zero-order valence-electron chi connectivity index (χ0n) is 11.8. The summed E-state index contributed by atoms with van der Waals surface area (Å²) in [7, 11) is 1.71. The Morgan fingerprint density at radius 3 is 2.95 bits per heavy atom. The summed E-state index contributed by atoms with van der Waals surface area (Å²) in [5.74, 6) is 1.05. The Hall–Kier alpha value is -1.30. The molecular weight excluding hydrogens is 270 g/mol. The van der Waals surface area contributed by atoms with Gasteiger partial charge in [-0.05, 0) is 12.1 Å². The van der Waals surface area contributed by atoms with Gasteiger partial charge >= 0.3 is 0 Å². The van der Waals surface area contributed by atoms with Crippen LogP contribution in [0.2, 0.25) is 0 Å². The Balaban J connectivity index is 1.67. The van der Waals surface area contributed by atoms with E-state index in [1.165, 1.54) is 4.90 Å². The Morgan fingerprint density at radius 2 is 2.15 bits per heavy atom. The van der Waals surface area contributed by atoms with E-state index in [1.54, 1.807) is 7.11 Å². The van der Waals surface area contributed by atoms with Crippen molar-refractivity contribution in [3.63, 3.8) is 0 Å². The van der Waals surface area contributed by atoms with Crippen LogP contribution in [0.3, 0.4) is 0 Å². The molecule has 1 aromatic heterocycles. The zero-order chi connectivity index (χ0) is 14.0. The standard InChI is InChI=1S/C15H21N3OS/c1-19-9-7-16-11-14-12-18(13-17-14)8-10-20-15-5-3-2-4-6-15/h2-6,12-13,16H,7-11H2,1H3. The van der Waals surface area contributed by atoms with Crippen LogP contribution < -0.4 is 5.32 Å². The molecule has 4 nitrogen and oxygen atoms in total. The zero-order valence-corrected chi connectivity index (χ0v) is 12.6. The number of ether oxygens (including phenoxy) is 1. The van der Waals surface area contributed by atoms with Crippen LogP contribution in [-0.2, 0) is 17.8 Å². The minimum absolute atomic E-state index is 0.731. The van der Waals surface area contributed by atoms with Gasteiger partial charge in [0.05, 0.1) is 18.6 Å². The first-order valence-corrected chi connectivity index (χ1v) is 7.75. The lowest BCUT2D eigenvalue weighted by Gasteiger charge is -2.03. The summed E-state index contributed by atoms with van der Waals surface area (Å²) >= 11 is 1.87. The summed E-state index contributed by atoms with van der Waals surface area (Å²) in [6.07, 6.45) is 4.00. The first-order valence-electron chi connectivity index (χ1n) is 6.76. The van der Waals surface area contributed by atoms with Crippen molar-refractivity contribution in [3.8, 4) is 0 Å². The minimum Gasteiger partial charge on any atom is -0.383 e. The largest absolute Gasteiger partial charge is 0.383 e. The molecule has 0 radical (unpaired) electrons. The molecule has 0 aliphatic carbocycles. The van der Waals surface area contributed by atoms with Gasteiger partial charge in [-0.15, -0.1) is 11.8 Å². The molecule has 108 valence electrons. The van der Waals surface area contributed by atoms with E-state index in [0.717, 1.165) is 37.7 Å². The quantitative estimate of drug-likeness (QED) is 0.569. The SMILES string of the molecule is COCCNCc1cn(CCSc2ccccc2)cn1. The van der Waals surface area contributed by atoms with Crippen LogP contribution in [0, 0.1) is 0 Å². The number of rotatable bonds is 9. The number of aromatic nitrogens is 2. The van der Waals surface area contributed by atoms with Gasteiger partial charge in [0.1, 0.15) is 0 Å². The van der Waals surface area contributed by atoms with Gasteiger partial charge < -0.3 is 14.6 Å². The first-order chi connectivity index (χ1) is 9.88. The fourth-order valence-electron chi connectivity index (χ4n) is 1.80. The number of nitrogens with zero attached hydrogens (tertiary/aromatic N) is 2. The van der Waals surface area contributed by atoms with Gasteiger partial charge in [-0.2, -0.15) is 0 Å². The number of aryl methyl sites for hydroxylation is 1. The van der Waals surface area contributed by atoms with Crippen molar-refractivity contribution in [1.29, 1.82) is 0 Å². The van der Waals surface area contributed by atoms with Crippen LogP contribution in [0.5, 0.6) is 0 Å². The smallest absolute Gasteiger partial charge is 0.0950 e. The van der Waals surface area contributed by atoms with Gasteiger partial charge in [0, 0.05) is 43.6 Å². The molecule has 1 heterocycles. The van der Waals surface area contributed by atoms with Crippen LogP contribution in [-0.4, -0.2) is 35.6 Å². The predicted molar refractivity (Wildman–Crippen MR) is 83.0 cm³/mol. The van der Waals surface area contributed by atoms with Crippen molar-refractivity contribution in [2.45, 2.75) is 18.0 Å². The molecule has 0 fully saturated rings. The van der Waals surface area contributed by atoms with Gasteiger partial charge in [-0.25, -0.2) is 4.98 Å². The van der Waals surface area contributed by atoms with Crippen molar-refractivity contribution in [2.75, 3.05) is 26.0 Å². The number of hydrogen-bond acceptors (Lipinski definition) is 4. The van der Waals surface area contributed by atoms with Gasteiger partial charge in [0.2, 0.25) is 0 Å². The Morgan fingerprint density at radius 1 is 1.30 bits per heavy atom. The lowest BCUT2D eigenvalue weighted by Crippen LogP contribution is -2.18. The molecule has 5 heteroatoms. The van der Waals surface area contributed by atoms with E-state index in [9.17, 15) is 0 Å². The highest BCUT2D eigenvalue weighted by molar-refractivity contribution is 7.99. The van der Waals surface area contributed by atoms with Gasteiger partial charge in [-0.1, -0.05) is 18.2 Å². The van der Waals surface area contributed by atoms with E-state index < -0.39 is 0 Å². The maximum absolute atomic E-state index is 4.99. The summed E-state index contributed by atoms with van der Waals surface area (Å²) in [5, 5.41) is 3.29. The second-order valence-electron chi connectivity index (χ2n) is 4.43. The normalized spacial score (nSPS) is 10.8. The highest BCUT2D eigenvalue weighted by atomic mass is 32.2. The molecule has 0 saturated carbocycles. The second-order valence-corrected chi connectivity index (χ2v) is 5.60. The van der Waals surface area contributed by atoms with Crippen molar-refractivity contribution < 1.29 is 4.74 Å². The Kier molecular flexibility index (Phi) is 6.63. The van der Waals surface area contributed by atoms with E-state index in [1.807, 2.05) is 24.2 Å². The third kappa shape index (κ3) is 5.36. The maximum atomic E-state index is 4.99. The summed E-state index contributed by atoms with van der Waals surface area (Å²) in [5.41, 5.74) is 1.07. The fourth-order valence-corrected chi connectivity index (χ4v) is 2.68. The average Bonchev–Trinajstić information content (AvgIpc) is 2.93. The third-order valence-electron chi connectivity index (χ3n) is 2.84. The molecule has 1 N–H and O–H groups in total. The van der Waals surface area contributed by atoms with Crippen molar-refractivity contribution in [1.82, 2.24) is 14.9 Å². The molecule has 1 aromatic carbocycles. The maximum Gasteiger partial charge on any atom is 0.0950 e. The number of imidazole rings is 1. The molecule has 0 spiro atoms. The monoisotopic (exact) mass is 291 g/mol. The second kappa shape index (κ2) is 8.79. The summed E-state index contributed by atoms with van der Waals surface area (Å²) in [6.45, 7) is 3.36. The number of hydrogen-bond donors (Lipinski definition) is 1. The van der Waals surface area contributed by atoms with Crippen LogP contribution >= 0.6 is 11.8 Å². The van der Waals surface area contributed by atoms with Gasteiger partial charge in [0.15, 0.2) is 0 Å². The van der Waals surface area contributed by atoms with Crippen LogP contribution in [0.25, 0.3) is 0 Å². The summed E-state index contributed by atoms with van der Waals surface area (Å²) in [4.78, 5) is 5.70. The summed E-state index contributed by atoms with van der Waals surface area (Å²) in [6, 6.07) is 10.5. The van der Waals surface area contributed by atoms with Crippen LogP contribution in [0.4, 0.5) is 0 Å². The molecule has 0 amide bonds. The molecule has 0 saturated heterocycles. The molecule has 20 heavy (non-hydrogen) atoms. The van der Waals surface area contributed by atoms with Gasteiger partial charge in [-0.3, -0.25) is 0 Å². The minimum atomic E-state index is 0.731. The molecule has 0 bridgehead atoms. The number of thioether (sulfide) groups is 1. The Labute approximate surface area is 124 Å². The first kappa shape index (κ1) is 15.1. The molecular formula is C15H21N3OS. The van der Waals surface area contributed by atoms with E-state index >= 15 is 0 Å². The van der Waals surface area contributed by atoms with Crippen molar-refractivity contribution >= 4 is 11.8 Å². The van der Waals surface area contributed by atoms with Crippen molar-refractivity contribution in [2.24, 2.45) is 0 Å². The lowest BCUT2D eigenvalue weighted by atomic mass is 10.4. The fraction of sp³-hybridized carbons (Fsp3) is 0.400. The van der Waals surface area contributed by atoms with E-state index in [2.05, 4.69) is 45.3 Å². The van der Waals surface area contributed by atoms with E-state index in [0.29, 0.717) is 0 Å². The molecule has 0 atom stereocenters. The lowest BCUT2D eigenvalue weighted by molar-refractivity contribution is 0.199. The average molecular weight is 291 g/mol. The Bertz CT molecular complexity index is 487. The number of nitrogens with one attached hydrogen (secondary N) is 1. The third-order valence-corrected chi connectivity index (χ3v) is 3.83. The van der Waals surface area contributed by atoms with E-state index in [4.69, 9.17) is 4.74 Å². The summed E-state index contributed by atoms with van der Waals surface area (Å²) < 4.78 is 7.13. The molecule has 2 rings (SSSR count). The topological polar surface area (TPSA) is 39.1 Å². The predicted octanol–water partition coefficient (Wildman–Crippen LogP) is 2.41. The number of methoxy groups -OCH3 is 1. The van der Waals surface area contributed by atoms with Crippen molar-refractivity contribution in [3.05, 3.63) is 48.5 Å². The van der Waals surface area contributed by atoms with Crippen LogP contribution in [0.15, 0.2) is 47.8 Å². The van der Waals surface area contributed by atoms with E-state index in [-0.39, 0.29) is 0 Å². The van der Waals surface area contributed by atoms with Gasteiger partial charge in [0.25, 0.3) is 0 Å². The highest BCUT2D eigenvalue weighted by Crippen LogP contribution is 2.17. The molecule has 0 unspecified atom stereocenters.